The van der Waals surface area contributed by atoms with Crippen LogP contribution in [0.2, 0.25) is 0 Å². The molecule has 0 spiro atoms. The zero-order valence-corrected chi connectivity index (χ0v) is 13.1. The standard InChI is InChI=1S/C19H25NO2/c21-18(16-7-3-1-4-8-16)20-15-19(11-13-22-14-12-19)17-9-5-2-6-10-17/h1-3,5-6,9-10,16H,4,7-8,11-15H2,(H,20,21). The third-order valence-electron chi connectivity index (χ3n) is 5.08. The lowest BCUT2D eigenvalue weighted by Gasteiger charge is -2.38. The molecule has 1 saturated heterocycles. The molecule has 0 saturated carbocycles. The third kappa shape index (κ3) is 3.41. The van der Waals surface area contributed by atoms with Crippen LogP contribution in [-0.2, 0) is 14.9 Å². The van der Waals surface area contributed by atoms with Crippen LogP contribution in [0.5, 0.6) is 0 Å². The van der Waals surface area contributed by atoms with Crippen LogP contribution in [0.3, 0.4) is 0 Å². The maximum Gasteiger partial charge on any atom is 0.223 e. The van der Waals surface area contributed by atoms with Gasteiger partial charge in [0.15, 0.2) is 0 Å². The lowest BCUT2D eigenvalue weighted by atomic mass is 9.74. The monoisotopic (exact) mass is 299 g/mol. The topological polar surface area (TPSA) is 38.3 Å². The van der Waals surface area contributed by atoms with Crippen LogP contribution >= 0.6 is 0 Å². The molecule has 1 aliphatic carbocycles. The fourth-order valence-electron chi connectivity index (χ4n) is 3.55. The fourth-order valence-corrected chi connectivity index (χ4v) is 3.55. The molecule has 1 aromatic carbocycles. The highest BCUT2D eigenvalue weighted by Crippen LogP contribution is 2.34. The Morgan fingerprint density at radius 1 is 1.18 bits per heavy atom. The predicted molar refractivity (Wildman–Crippen MR) is 87.7 cm³/mol. The molecule has 3 nitrogen and oxygen atoms in total. The normalized spacial score (nSPS) is 23.9. The summed E-state index contributed by atoms with van der Waals surface area (Å²) in [6, 6.07) is 10.6. The number of nitrogens with one attached hydrogen (secondary N) is 1. The Hall–Kier alpha value is -1.61. The van der Waals surface area contributed by atoms with Crippen molar-refractivity contribution < 1.29 is 9.53 Å². The van der Waals surface area contributed by atoms with Crippen LogP contribution in [0, 0.1) is 5.92 Å². The van der Waals surface area contributed by atoms with E-state index >= 15 is 0 Å². The summed E-state index contributed by atoms with van der Waals surface area (Å²) in [6.45, 7) is 2.27. The third-order valence-corrected chi connectivity index (χ3v) is 5.08. The van der Waals surface area contributed by atoms with Crippen LogP contribution < -0.4 is 5.32 Å². The second kappa shape index (κ2) is 7.10. The van der Waals surface area contributed by atoms with Crippen molar-refractivity contribution >= 4 is 5.91 Å². The molecule has 118 valence electrons. The van der Waals surface area contributed by atoms with Gasteiger partial charge < -0.3 is 10.1 Å². The summed E-state index contributed by atoms with van der Waals surface area (Å²) in [4.78, 5) is 12.4. The molecule has 1 unspecified atom stereocenters. The van der Waals surface area contributed by atoms with Crippen molar-refractivity contribution in [2.75, 3.05) is 19.8 Å². The molecule has 1 N–H and O–H groups in total. The molecule has 1 atom stereocenters. The first kappa shape index (κ1) is 15.3. The molecule has 1 aromatic rings. The van der Waals surface area contributed by atoms with E-state index in [4.69, 9.17) is 4.74 Å². The van der Waals surface area contributed by atoms with Gasteiger partial charge in [-0.3, -0.25) is 4.79 Å². The summed E-state index contributed by atoms with van der Waals surface area (Å²) in [7, 11) is 0. The van der Waals surface area contributed by atoms with Crippen molar-refractivity contribution in [2.45, 2.75) is 37.5 Å². The Morgan fingerprint density at radius 2 is 1.95 bits per heavy atom. The number of hydrogen-bond donors (Lipinski definition) is 1. The van der Waals surface area contributed by atoms with Crippen LogP contribution in [0.15, 0.2) is 42.5 Å². The average Bonchev–Trinajstić information content (AvgIpc) is 2.62. The van der Waals surface area contributed by atoms with E-state index in [9.17, 15) is 4.79 Å². The fraction of sp³-hybridized carbons (Fsp3) is 0.526. The number of allylic oxidation sites excluding steroid dienone is 2. The smallest absolute Gasteiger partial charge is 0.223 e. The van der Waals surface area contributed by atoms with Gasteiger partial charge in [-0.05, 0) is 37.7 Å². The Morgan fingerprint density at radius 3 is 2.64 bits per heavy atom. The van der Waals surface area contributed by atoms with Gasteiger partial charge in [0.2, 0.25) is 5.91 Å². The second-order valence-corrected chi connectivity index (χ2v) is 6.46. The highest BCUT2D eigenvalue weighted by atomic mass is 16.5. The number of benzene rings is 1. The minimum absolute atomic E-state index is 0.0275. The van der Waals surface area contributed by atoms with Gasteiger partial charge in [0.25, 0.3) is 0 Å². The second-order valence-electron chi connectivity index (χ2n) is 6.46. The largest absolute Gasteiger partial charge is 0.381 e. The van der Waals surface area contributed by atoms with Crippen molar-refractivity contribution in [1.29, 1.82) is 0 Å². The molecule has 1 aliphatic heterocycles. The van der Waals surface area contributed by atoms with E-state index in [0.29, 0.717) is 0 Å². The Labute approximate surface area is 132 Å². The van der Waals surface area contributed by atoms with Crippen molar-refractivity contribution in [3.8, 4) is 0 Å². The molecular formula is C19H25NO2. The minimum Gasteiger partial charge on any atom is -0.381 e. The van der Waals surface area contributed by atoms with E-state index in [1.165, 1.54) is 5.56 Å². The zero-order valence-electron chi connectivity index (χ0n) is 13.1. The zero-order chi connectivity index (χ0) is 15.3. The number of ether oxygens (including phenoxy) is 1. The molecule has 1 amide bonds. The lowest BCUT2D eigenvalue weighted by Crippen LogP contribution is -2.46. The van der Waals surface area contributed by atoms with Crippen molar-refractivity contribution in [3.63, 3.8) is 0 Å². The van der Waals surface area contributed by atoms with Gasteiger partial charge in [-0.25, -0.2) is 0 Å². The minimum atomic E-state index is 0.0275. The molecule has 0 radical (unpaired) electrons. The van der Waals surface area contributed by atoms with Crippen LogP contribution in [0.4, 0.5) is 0 Å². The number of carbonyl (C=O) groups excluding carboxylic acids is 1. The van der Waals surface area contributed by atoms with Gasteiger partial charge in [0.05, 0.1) is 0 Å². The summed E-state index contributed by atoms with van der Waals surface area (Å²) >= 11 is 0. The Kier molecular flexibility index (Phi) is 4.94. The van der Waals surface area contributed by atoms with Crippen molar-refractivity contribution in [3.05, 3.63) is 48.0 Å². The van der Waals surface area contributed by atoms with E-state index in [2.05, 4.69) is 41.7 Å². The first-order chi connectivity index (χ1) is 10.8. The molecule has 1 heterocycles. The summed E-state index contributed by atoms with van der Waals surface area (Å²) < 4.78 is 5.55. The molecule has 3 heteroatoms. The Bertz CT molecular complexity index is 517. The van der Waals surface area contributed by atoms with Crippen molar-refractivity contribution in [2.24, 2.45) is 5.92 Å². The van der Waals surface area contributed by atoms with E-state index in [1.807, 2.05) is 6.07 Å². The lowest BCUT2D eigenvalue weighted by molar-refractivity contribution is -0.125. The summed E-state index contributed by atoms with van der Waals surface area (Å²) in [5.74, 6) is 0.365. The van der Waals surface area contributed by atoms with E-state index in [1.54, 1.807) is 0 Å². The predicted octanol–water partition coefficient (Wildman–Crippen LogP) is 3.21. The van der Waals surface area contributed by atoms with Gasteiger partial charge in [-0.15, -0.1) is 0 Å². The number of amides is 1. The molecule has 0 aromatic heterocycles. The number of rotatable bonds is 4. The number of hydrogen-bond acceptors (Lipinski definition) is 2. The van der Waals surface area contributed by atoms with Crippen LogP contribution in [-0.4, -0.2) is 25.7 Å². The summed E-state index contributed by atoms with van der Waals surface area (Å²) in [5, 5.41) is 3.23. The average molecular weight is 299 g/mol. The van der Waals surface area contributed by atoms with Gasteiger partial charge in [-0.2, -0.15) is 0 Å². The molecule has 2 aliphatic rings. The highest BCUT2D eigenvalue weighted by Gasteiger charge is 2.35. The van der Waals surface area contributed by atoms with E-state index in [0.717, 1.165) is 51.9 Å². The van der Waals surface area contributed by atoms with Gasteiger partial charge in [-0.1, -0.05) is 42.5 Å². The van der Waals surface area contributed by atoms with Crippen LogP contribution in [0.25, 0.3) is 0 Å². The molecular weight excluding hydrogens is 274 g/mol. The van der Waals surface area contributed by atoms with Gasteiger partial charge >= 0.3 is 0 Å². The van der Waals surface area contributed by atoms with Crippen molar-refractivity contribution in [1.82, 2.24) is 5.32 Å². The summed E-state index contributed by atoms with van der Waals surface area (Å²) in [6.07, 6.45) is 9.14. The molecule has 3 rings (SSSR count). The maximum atomic E-state index is 12.4. The summed E-state index contributed by atoms with van der Waals surface area (Å²) in [5.41, 5.74) is 1.35. The highest BCUT2D eigenvalue weighted by molar-refractivity contribution is 5.79. The molecule has 22 heavy (non-hydrogen) atoms. The molecule has 1 fully saturated rings. The maximum absolute atomic E-state index is 12.4. The number of carbonyl (C=O) groups is 1. The van der Waals surface area contributed by atoms with Gasteiger partial charge in [0.1, 0.15) is 0 Å². The SMILES string of the molecule is O=C(NCC1(c2ccccc2)CCOCC1)C1CC=CCC1. The van der Waals surface area contributed by atoms with Gasteiger partial charge in [0, 0.05) is 31.1 Å². The first-order valence-electron chi connectivity index (χ1n) is 8.36. The van der Waals surface area contributed by atoms with E-state index in [-0.39, 0.29) is 17.2 Å². The van der Waals surface area contributed by atoms with E-state index < -0.39 is 0 Å². The van der Waals surface area contributed by atoms with Crippen LogP contribution in [0.1, 0.15) is 37.7 Å². The first-order valence-corrected chi connectivity index (χ1v) is 8.36. The Balaban J connectivity index is 1.68. The quantitative estimate of drug-likeness (QED) is 0.867. The molecule has 0 bridgehead atoms.